The highest BCUT2D eigenvalue weighted by Crippen LogP contribution is 2.40. The van der Waals surface area contributed by atoms with Crippen LogP contribution in [0.2, 0.25) is 0 Å². The number of rotatable bonds is 9. The van der Waals surface area contributed by atoms with Crippen molar-refractivity contribution in [2.24, 2.45) is 0 Å². The summed E-state index contributed by atoms with van der Waals surface area (Å²) in [6.45, 7) is -1.56. The number of ether oxygens (including phenoxy) is 4. The number of aliphatic hydroxyl groups excluding tert-OH is 7. The molecule has 6 rings (SSSR count). The second-order valence-electron chi connectivity index (χ2n) is 12.4. The molecule has 4 aromatic rings. The van der Waals surface area contributed by atoms with Crippen LogP contribution in [0.25, 0.3) is 28.4 Å². The molecule has 3 heterocycles. The van der Waals surface area contributed by atoms with E-state index in [1.165, 1.54) is 60.7 Å². The van der Waals surface area contributed by atoms with Crippen molar-refractivity contribution >= 4 is 23.0 Å². The molecule has 0 bridgehead atoms. The van der Waals surface area contributed by atoms with Crippen LogP contribution in [0.5, 0.6) is 23.0 Å². The zero-order valence-electron chi connectivity index (χ0n) is 27.4. The van der Waals surface area contributed by atoms with E-state index in [9.17, 15) is 60.7 Å². The molecule has 17 nitrogen and oxygen atoms in total. The van der Waals surface area contributed by atoms with Crippen LogP contribution in [-0.2, 0) is 19.0 Å². The standard InChI is InChI=1S/C36H36O17/c37-13-22-26(43)29(46)31(48)32(50-22)17-11-20(41)25-21(12-17)49-33(16-4-8-19(40)9-5-16)34(28(25)45)53-36-35(30(47)27(44)23(14-38)51-36)52-24(42)10-3-15-1-6-18(39)7-2-15/h1-12,22-23,26-27,29-32,35-41,43-44,46-48H,13-14H2/b10-3+/t22-,23-,26-,27+,29+,30+,31-,32+,35-,36+/m1/s1. The molecule has 10 N–H and O–H groups in total. The van der Waals surface area contributed by atoms with Crippen LogP contribution in [0, 0.1) is 0 Å². The predicted molar refractivity (Wildman–Crippen MR) is 179 cm³/mol. The normalized spacial score (nSPS) is 29.0. The molecular formula is C36H36O17. The highest BCUT2D eigenvalue weighted by Gasteiger charge is 2.49. The summed E-state index contributed by atoms with van der Waals surface area (Å²) in [4.78, 5) is 27.1. The van der Waals surface area contributed by atoms with Gasteiger partial charge in [0.25, 0.3) is 0 Å². The van der Waals surface area contributed by atoms with Crippen LogP contribution in [0.4, 0.5) is 0 Å². The minimum Gasteiger partial charge on any atom is -0.508 e. The maximum Gasteiger partial charge on any atom is 0.331 e. The van der Waals surface area contributed by atoms with Gasteiger partial charge in [0.15, 0.2) is 11.9 Å². The second kappa shape index (κ2) is 15.5. The van der Waals surface area contributed by atoms with Crippen molar-refractivity contribution in [2.75, 3.05) is 13.2 Å². The number of benzene rings is 3. The molecular weight excluding hydrogens is 704 g/mol. The topological polar surface area (TPSA) is 286 Å². The molecule has 2 fully saturated rings. The van der Waals surface area contributed by atoms with Gasteiger partial charge in [-0.1, -0.05) is 12.1 Å². The molecule has 17 heteroatoms. The minimum absolute atomic E-state index is 0.00739. The quantitative estimate of drug-likeness (QED) is 0.0767. The first-order valence-electron chi connectivity index (χ1n) is 16.2. The lowest BCUT2D eigenvalue weighted by Crippen LogP contribution is -2.61. The highest BCUT2D eigenvalue weighted by molar-refractivity contribution is 5.88. The molecule has 3 aromatic carbocycles. The number of carbonyl (C=O) groups is 1. The van der Waals surface area contributed by atoms with E-state index < -0.39 is 103 Å². The van der Waals surface area contributed by atoms with Gasteiger partial charge in [-0.2, -0.15) is 0 Å². The average Bonchev–Trinajstić information content (AvgIpc) is 3.14. The zero-order valence-corrected chi connectivity index (χ0v) is 27.4. The van der Waals surface area contributed by atoms with Crippen molar-refractivity contribution in [1.29, 1.82) is 0 Å². The summed E-state index contributed by atoms with van der Waals surface area (Å²) in [5, 5.41) is 102. The van der Waals surface area contributed by atoms with Gasteiger partial charge >= 0.3 is 5.97 Å². The number of fused-ring (bicyclic) bond motifs is 1. The Balaban J connectivity index is 1.42. The van der Waals surface area contributed by atoms with Crippen molar-refractivity contribution in [1.82, 2.24) is 0 Å². The molecule has 0 radical (unpaired) electrons. The lowest BCUT2D eigenvalue weighted by Gasteiger charge is -2.41. The molecule has 0 aliphatic carbocycles. The Hall–Kier alpha value is -5.08. The molecule has 0 saturated carbocycles. The second-order valence-corrected chi connectivity index (χ2v) is 12.4. The Bertz CT molecular complexity index is 2010. The Morgan fingerprint density at radius 2 is 1.36 bits per heavy atom. The zero-order chi connectivity index (χ0) is 38.1. The maximum atomic E-state index is 14.2. The maximum absolute atomic E-state index is 14.2. The SMILES string of the molecule is O=C(/C=C/c1ccc(O)cc1)O[C@H]1[C@H](Oc2c(-c3ccc(O)cc3)oc3cc([C@@H]4O[C@H](CO)[C@@H](O)[C@H](O)[C@H]4O)cc(O)c3c2=O)O[C@H](CO)[C@H](O)[C@@H]1O. The van der Waals surface area contributed by atoms with Crippen molar-refractivity contribution in [3.63, 3.8) is 0 Å². The van der Waals surface area contributed by atoms with E-state index in [-0.39, 0.29) is 34.0 Å². The van der Waals surface area contributed by atoms with Crippen LogP contribution >= 0.6 is 0 Å². The Morgan fingerprint density at radius 3 is 2.00 bits per heavy atom. The summed E-state index contributed by atoms with van der Waals surface area (Å²) in [5.74, 6) is -2.93. The molecule has 1 aromatic heterocycles. The summed E-state index contributed by atoms with van der Waals surface area (Å²) in [5.41, 5.74) is -0.737. The van der Waals surface area contributed by atoms with Gasteiger partial charge in [-0.3, -0.25) is 4.79 Å². The number of hydrogen-bond donors (Lipinski definition) is 10. The molecule has 2 aliphatic heterocycles. The molecule has 282 valence electrons. The largest absolute Gasteiger partial charge is 0.508 e. The molecule has 2 saturated heterocycles. The van der Waals surface area contributed by atoms with Crippen molar-refractivity contribution in [3.8, 4) is 34.3 Å². The van der Waals surface area contributed by atoms with Gasteiger partial charge in [0, 0.05) is 11.6 Å². The smallest absolute Gasteiger partial charge is 0.331 e. The van der Waals surface area contributed by atoms with Gasteiger partial charge in [-0.05, 0) is 65.7 Å². The lowest BCUT2D eigenvalue weighted by atomic mass is 9.90. The van der Waals surface area contributed by atoms with Gasteiger partial charge in [0.1, 0.15) is 77.0 Å². The van der Waals surface area contributed by atoms with E-state index in [1.54, 1.807) is 0 Å². The number of aliphatic hydroxyl groups is 7. The van der Waals surface area contributed by atoms with Crippen molar-refractivity contribution in [2.45, 2.75) is 61.2 Å². The van der Waals surface area contributed by atoms with Crippen LogP contribution in [0.15, 0.2) is 76.0 Å². The predicted octanol–water partition coefficient (Wildman–Crippen LogP) is -0.465. The van der Waals surface area contributed by atoms with Crippen molar-refractivity contribution in [3.05, 3.63) is 88.1 Å². The first kappa shape index (κ1) is 37.7. The molecule has 0 unspecified atom stereocenters. The van der Waals surface area contributed by atoms with E-state index in [1.807, 2.05) is 0 Å². The number of hydrogen-bond acceptors (Lipinski definition) is 17. The molecule has 10 atom stereocenters. The first-order chi connectivity index (χ1) is 25.3. The summed E-state index contributed by atoms with van der Waals surface area (Å²) < 4.78 is 28.7. The fourth-order valence-corrected chi connectivity index (χ4v) is 6.07. The third kappa shape index (κ3) is 7.56. The molecule has 53 heavy (non-hydrogen) atoms. The summed E-state index contributed by atoms with van der Waals surface area (Å²) in [6.07, 6.45) is -14.4. The fourth-order valence-electron chi connectivity index (χ4n) is 6.07. The van der Waals surface area contributed by atoms with Gasteiger partial charge < -0.3 is 74.4 Å². The van der Waals surface area contributed by atoms with E-state index in [2.05, 4.69) is 0 Å². The number of phenolic OH excluding ortho intramolecular Hbond substituents is 3. The van der Waals surface area contributed by atoms with E-state index in [0.29, 0.717) is 5.56 Å². The van der Waals surface area contributed by atoms with Crippen LogP contribution in [0.1, 0.15) is 17.2 Å². The molecule has 2 aliphatic rings. The van der Waals surface area contributed by atoms with Gasteiger partial charge in [-0.25, -0.2) is 4.79 Å². The Morgan fingerprint density at radius 1 is 0.755 bits per heavy atom. The molecule has 0 spiro atoms. The number of aromatic hydroxyl groups is 3. The summed E-state index contributed by atoms with van der Waals surface area (Å²) >= 11 is 0. The van der Waals surface area contributed by atoms with Gasteiger partial charge in [0.05, 0.1) is 13.2 Å². The van der Waals surface area contributed by atoms with Crippen LogP contribution in [-0.4, -0.2) is 125 Å². The third-order valence-corrected chi connectivity index (χ3v) is 8.92. The van der Waals surface area contributed by atoms with E-state index in [0.717, 1.165) is 12.1 Å². The Labute approximate surface area is 299 Å². The summed E-state index contributed by atoms with van der Waals surface area (Å²) in [6, 6.07) is 13.2. The lowest BCUT2D eigenvalue weighted by molar-refractivity contribution is -0.281. The van der Waals surface area contributed by atoms with Crippen molar-refractivity contribution < 1.29 is 79.2 Å². The van der Waals surface area contributed by atoms with Gasteiger partial charge in [0.2, 0.25) is 17.5 Å². The van der Waals surface area contributed by atoms with Gasteiger partial charge in [-0.15, -0.1) is 0 Å². The highest BCUT2D eigenvalue weighted by atomic mass is 16.7. The van der Waals surface area contributed by atoms with E-state index in [4.69, 9.17) is 23.4 Å². The molecule has 0 amide bonds. The first-order valence-corrected chi connectivity index (χ1v) is 16.2. The van der Waals surface area contributed by atoms with Crippen LogP contribution < -0.4 is 10.2 Å². The average molecular weight is 741 g/mol. The summed E-state index contributed by atoms with van der Waals surface area (Å²) in [7, 11) is 0. The monoisotopic (exact) mass is 740 g/mol. The fraction of sp³-hybridized carbons (Fsp3) is 0.333. The Kier molecular flexibility index (Phi) is 11.0. The van der Waals surface area contributed by atoms with Crippen LogP contribution in [0.3, 0.4) is 0 Å². The number of esters is 1. The number of carbonyl (C=O) groups excluding carboxylic acids is 1. The number of phenols is 3. The van der Waals surface area contributed by atoms with E-state index >= 15 is 0 Å². The minimum atomic E-state index is -1.92. The third-order valence-electron chi connectivity index (χ3n) is 8.92.